The lowest BCUT2D eigenvalue weighted by molar-refractivity contribution is -0.140. The van der Waals surface area contributed by atoms with E-state index in [1.54, 1.807) is 0 Å². The van der Waals surface area contributed by atoms with E-state index in [4.69, 9.17) is 0 Å². The minimum atomic E-state index is -3.15. The van der Waals surface area contributed by atoms with Crippen LogP contribution in [0.5, 0.6) is 0 Å². The van der Waals surface area contributed by atoms with Gasteiger partial charge < -0.3 is 10.1 Å². The highest BCUT2D eigenvalue weighted by atomic mass is 32.2. The Hall–Kier alpha value is -0.620. The van der Waals surface area contributed by atoms with Gasteiger partial charge >= 0.3 is 5.97 Å². The van der Waals surface area contributed by atoms with Crippen LogP contribution in [0, 0.1) is 0 Å². The van der Waals surface area contributed by atoms with Gasteiger partial charge in [0.15, 0.2) is 9.84 Å². The summed E-state index contributed by atoms with van der Waals surface area (Å²) in [6.07, 6.45) is 3.03. The molecule has 0 bridgehead atoms. The van der Waals surface area contributed by atoms with Gasteiger partial charge in [-0.2, -0.15) is 0 Å². The van der Waals surface area contributed by atoms with E-state index >= 15 is 0 Å². The van der Waals surface area contributed by atoms with E-state index in [2.05, 4.69) is 10.1 Å². The van der Waals surface area contributed by atoms with E-state index < -0.39 is 15.8 Å². The van der Waals surface area contributed by atoms with Crippen molar-refractivity contribution >= 4 is 15.8 Å². The highest BCUT2D eigenvalue weighted by Gasteiger charge is 2.21. The molecule has 0 spiro atoms. The van der Waals surface area contributed by atoms with Crippen molar-refractivity contribution < 1.29 is 17.9 Å². The van der Waals surface area contributed by atoms with Crippen LogP contribution in [-0.2, 0) is 19.4 Å². The van der Waals surface area contributed by atoms with Crippen molar-refractivity contribution in [2.45, 2.75) is 31.7 Å². The second kappa shape index (κ2) is 6.20. The minimum Gasteiger partial charge on any atom is -0.469 e. The number of ether oxygens (including phenoxy) is 1. The number of esters is 1. The van der Waals surface area contributed by atoms with Gasteiger partial charge in [-0.15, -0.1) is 0 Å². The summed E-state index contributed by atoms with van der Waals surface area (Å²) in [4.78, 5) is 10.8. The molecule has 0 aromatic carbocycles. The molecular weight excluding hydrogens is 230 g/mol. The van der Waals surface area contributed by atoms with Crippen LogP contribution in [-0.4, -0.2) is 45.6 Å². The summed E-state index contributed by atoms with van der Waals surface area (Å²) >= 11 is 0. The summed E-state index contributed by atoms with van der Waals surface area (Å²) in [6.45, 7) is 0.886. The molecule has 1 unspecified atom stereocenters. The highest BCUT2D eigenvalue weighted by Crippen LogP contribution is 2.10. The number of hydrogen-bond donors (Lipinski definition) is 1. The number of sulfone groups is 1. The quantitative estimate of drug-likeness (QED) is 0.700. The van der Waals surface area contributed by atoms with Crippen molar-refractivity contribution in [3.8, 4) is 0 Å². The maximum Gasteiger partial charge on any atom is 0.306 e. The third-order valence-corrected chi connectivity index (χ3v) is 4.45. The van der Waals surface area contributed by atoms with Crippen molar-refractivity contribution in [2.75, 3.05) is 25.2 Å². The molecule has 1 heterocycles. The number of nitrogens with one attached hydrogen (secondary N) is 1. The topological polar surface area (TPSA) is 72.5 Å². The summed E-state index contributed by atoms with van der Waals surface area (Å²) < 4.78 is 27.8. The van der Waals surface area contributed by atoms with E-state index in [9.17, 15) is 13.2 Å². The Labute approximate surface area is 96.5 Å². The molecule has 1 rings (SSSR count). The van der Waals surface area contributed by atoms with Crippen molar-refractivity contribution in [1.29, 1.82) is 0 Å². The predicted octanol–water partition coefficient (Wildman–Crippen LogP) is 0.106. The second-order valence-corrected chi connectivity index (χ2v) is 6.32. The van der Waals surface area contributed by atoms with E-state index in [1.165, 1.54) is 7.11 Å². The smallest absolute Gasteiger partial charge is 0.306 e. The zero-order valence-corrected chi connectivity index (χ0v) is 10.4. The summed E-state index contributed by atoms with van der Waals surface area (Å²) in [5.74, 6) is -0.456. The van der Waals surface area contributed by atoms with Crippen molar-refractivity contribution in [1.82, 2.24) is 5.32 Å². The van der Waals surface area contributed by atoms with E-state index in [1.807, 2.05) is 0 Å². The van der Waals surface area contributed by atoms with Crippen molar-refractivity contribution in [3.63, 3.8) is 0 Å². The Morgan fingerprint density at radius 2 is 2.19 bits per heavy atom. The highest BCUT2D eigenvalue weighted by molar-refractivity contribution is 7.91. The van der Waals surface area contributed by atoms with Crippen LogP contribution in [0.4, 0.5) is 0 Å². The third kappa shape index (κ3) is 4.94. The standard InChI is InChI=1S/C10H19NO4S/c1-15-10(12)5-7-16(13,14)8-9-4-2-3-6-11-9/h9,11H,2-8H2,1H3. The second-order valence-electron chi connectivity index (χ2n) is 4.09. The van der Waals surface area contributed by atoms with Gasteiger partial charge in [0.2, 0.25) is 0 Å². The first-order chi connectivity index (χ1) is 7.53. The lowest BCUT2D eigenvalue weighted by Gasteiger charge is -2.23. The number of methoxy groups -OCH3 is 1. The van der Waals surface area contributed by atoms with Gasteiger partial charge in [0.25, 0.3) is 0 Å². The van der Waals surface area contributed by atoms with Crippen LogP contribution in [0.3, 0.4) is 0 Å². The largest absolute Gasteiger partial charge is 0.469 e. The monoisotopic (exact) mass is 249 g/mol. The Kier molecular flexibility index (Phi) is 5.21. The van der Waals surface area contributed by atoms with Crippen molar-refractivity contribution in [2.24, 2.45) is 0 Å². The molecule has 1 aliphatic heterocycles. The summed E-state index contributed by atoms with van der Waals surface area (Å²) in [6, 6.07) is 0.0522. The molecule has 94 valence electrons. The summed E-state index contributed by atoms with van der Waals surface area (Å²) in [7, 11) is -1.89. The molecule has 0 radical (unpaired) electrons. The first-order valence-electron chi connectivity index (χ1n) is 5.54. The lowest BCUT2D eigenvalue weighted by Crippen LogP contribution is -2.40. The lowest BCUT2D eigenvalue weighted by atomic mass is 10.1. The van der Waals surface area contributed by atoms with Gasteiger partial charge in [0.05, 0.1) is 25.0 Å². The van der Waals surface area contributed by atoms with Crippen LogP contribution in [0.2, 0.25) is 0 Å². The van der Waals surface area contributed by atoms with Gasteiger partial charge in [-0.25, -0.2) is 8.42 Å². The molecule has 1 N–H and O–H groups in total. The SMILES string of the molecule is COC(=O)CCS(=O)(=O)CC1CCCCN1. The van der Waals surface area contributed by atoms with Gasteiger partial charge in [-0.1, -0.05) is 6.42 Å². The van der Waals surface area contributed by atoms with Gasteiger partial charge in [0.1, 0.15) is 0 Å². The fraction of sp³-hybridized carbons (Fsp3) is 0.900. The molecule has 1 atom stereocenters. The first kappa shape index (κ1) is 13.4. The molecule has 0 aromatic rings. The molecule has 0 aromatic heterocycles. The number of carbonyl (C=O) groups is 1. The molecule has 6 heteroatoms. The average molecular weight is 249 g/mol. The average Bonchev–Trinajstić information content (AvgIpc) is 2.27. The number of piperidine rings is 1. The molecule has 16 heavy (non-hydrogen) atoms. The predicted molar refractivity (Wildman–Crippen MR) is 60.9 cm³/mol. The Bertz CT molecular complexity index is 320. The van der Waals surface area contributed by atoms with Gasteiger partial charge in [0, 0.05) is 6.04 Å². The maximum atomic E-state index is 11.7. The fourth-order valence-corrected chi connectivity index (χ4v) is 3.34. The summed E-state index contributed by atoms with van der Waals surface area (Å²) in [5.41, 5.74) is 0. The molecule has 1 saturated heterocycles. The van der Waals surface area contributed by atoms with E-state index in [0.29, 0.717) is 0 Å². The normalized spacial score (nSPS) is 21.7. The molecule has 1 aliphatic rings. The summed E-state index contributed by atoms with van der Waals surface area (Å²) in [5, 5.41) is 3.18. The molecule has 1 fully saturated rings. The fourth-order valence-electron chi connectivity index (χ4n) is 1.80. The van der Waals surface area contributed by atoms with Crippen LogP contribution in [0.25, 0.3) is 0 Å². The van der Waals surface area contributed by atoms with Crippen LogP contribution < -0.4 is 5.32 Å². The minimum absolute atomic E-state index is 0.0500. The third-order valence-electron chi connectivity index (χ3n) is 2.71. The van der Waals surface area contributed by atoms with Gasteiger partial charge in [-0.05, 0) is 19.4 Å². The first-order valence-corrected chi connectivity index (χ1v) is 7.36. The maximum absolute atomic E-state index is 11.7. The van der Waals surface area contributed by atoms with Gasteiger partial charge in [-0.3, -0.25) is 4.79 Å². The zero-order chi connectivity index (χ0) is 12.0. The zero-order valence-electron chi connectivity index (χ0n) is 9.57. The molecule has 5 nitrogen and oxygen atoms in total. The number of carbonyl (C=O) groups excluding carboxylic acids is 1. The van der Waals surface area contributed by atoms with Crippen LogP contribution in [0.1, 0.15) is 25.7 Å². The van der Waals surface area contributed by atoms with E-state index in [-0.39, 0.29) is 24.0 Å². The molecule has 0 amide bonds. The molecule has 0 saturated carbocycles. The van der Waals surface area contributed by atoms with Crippen molar-refractivity contribution in [3.05, 3.63) is 0 Å². The Morgan fingerprint density at radius 1 is 1.44 bits per heavy atom. The number of hydrogen-bond acceptors (Lipinski definition) is 5. The number of rotatable bonds is 5. The van der Waals surface area contributed by atoms with Crippen LogP contribution >= 0.6 is 0 Å². The molecule has 0 aliphatic carbocycles. The Balaban J connectivity index is 2.35. The molecular formula is C10H19NO4S. The van der Waals surface area contributed by atoms with Crippen LogP contribution in [0.15, 0.2) is 0 Å². The Morgan fingerprint density at radius 3 is 2.75 bits per heavy atom. The van der Waals surface area contributed by atoms with E-state index in [0.717, 1.165) is 25.8 Å².